The number of hydrogen-bond acceptors (Lipinski definition) is 5. The molecule has 0 radical (unpaired) electrons. The molecule has 38 heavy (non-hydrogen) atoms. The molecular weight excluding hydrogens is 544 g/mol. The molecule has 4 aromatic rings. The van der Waals surface area contributed by atoms with Crippen LogP contribution in [0.5, 0.6) is 11.5 Å². The Balaban J connectivity index is 1.27. The fourth-order valence-electron chi connectivity index (χ4n) is 4.73. The number of amides is 1. The van der Waals surface area contributed by atoms with Crippen molar-refractivity contribution in [2.45, 2.75) is 11.8 Å². The van der Waals surface area contributed by atoms with Gasteiger partial charge in [-0.25, -0.2) is 10.2 Å². The lowest BCUT2D eigenvalue weighted by molar-refractivity contribution is -0.122. The number of hydrazone groups is 1. The maximum absolute atomic E-state index is 13.1. The molecule has 1 saturated carbocycles. The number of esters is 1. The summed E-state index contributed by atoms with van der Waals surface area (Å²) in [6.07, 6.45) is 2.25. The molecule has 1 fully saturated rings. The van der Waals surface area contributed by atoms with E-state index in [0.717, 1.165) is 11.1 Å². The van der Waals surface area contributed by atoms with Crippen molar-refractivity contribution < 1.29 is 19.1 Å². The van der Waals surface area contributed by atoms with E-state index in [0.29, 0.717) is 27.8 Å². The lowest BCUT2D eigenvalue weighted by Crippen LogP contribution is -2.25. The van der Waals surface area contributed by atoms with Crippen molar-refractivity contribution in [2.24, 2.45) is 11.0 Å². The van der Waals surface area contributed by atoms with Crippen LogP contribution in [0.25, 0.3) is 0 Å². The van der Waals surface area contributed by atoms with Crippen molar-refractivity contribution in [1.29, 1.82) is 0 Å². The number of nitrogens with zero attached hydrogens (tertiary/aromatic N) is 1. The van der Waals surface area contributed by atoms with E-state index < -0.39 is 5.97 Å². The molecule has 1 atom stereocenters. The predicted molar refractivity (Wildman–Crippen MR) is 150 cm³/mol. The van der Waals surface area contributed by atoms with Gasteiger partial charge in [0, 0.05) is 9.89 Å². The van der Waals surface area contributed by atoms with E-state index in [-0.39, 0.29) is 23.0 Å². The van der Waals surface area contributed by atoms with Gasteiger partial charge in [0.1, 0.15) is 0 Å². The van der Waals surface area contributed by atoms with Crippen molar-refractivity contribution in [2.75, 3.05) is 7.11 Å². The minimum Gasteiger partial charge on any atom is -0.493 e. The summed E-state index contributed by atoms with van der Waals surface area (Å²) in [7, 11) is 1.49. The molecule has 0 saturated heterocycles. The summed E-state index contributed by atoms with van der Waals surface area (Å²) < 4.78 is 11.6. The van der Waals surface area contributed by atoms with E-state index in [9.17, 15) is 9.59 Å². The number of hydrogen-bond donors (Lipinski definition) is 1. The Labute approximate surface area is 229 Å². The fraction of sp³-hybridized carbons (Fsp3) is 0.129. The summed E-state index contributed by atoms with van der Waals surface area (Å²) in [5.41, 5.74) is 5.66. The summed E-state index contributed by atoms with van der Waals surface area (Å²) in [5.74, 6) is -0.217. The van der Waals surface area contributed by atoms with Crippen molar-refractivity contribution in [3.05, 3.63) is 130 Å². The maximum Gasteiger partial charge on any atom is 0.344 e. The van der Waals surface area contributed by atoms with Gasteiger partial charge in [0.15, 0.2) is 11.5 Å². The molecule has 1 aliphatic rings. The third-order valence-corrected chi connectivity index (χ3v) is 7.42. The van der Waals surface area contributed by atoms with E-state index in [2.05, 4.69) is 50.7 Å². The van der Waals surface area contributed by atoms with Crippen LogP contribution in [-0.2, 0) is 10.2 Å². The maximum atomic E-state index is 13.1. The van der Waals surface area contributed by atoms with Crippen LogP contribution in [0.4, 0.5) is 0 Å². The quantitative estimate of drug-likeness (QED) is 0.120. The Morgan fingerprint density at radius 3 is 2.16 bits per heavy atom. The van der Waals surface area contributed by atoms with Gasteiger partial charge in [-0.2, -0.15) is 5.10 Å². The molecule has 5 rings (SSSR count). The van der Waals surface area contributed by atoms with E-state index in [4.69, 9.17) is 9.47 Å². The molecule has 1 amide bonds. The molecule has 7 heteroatoms. The zero-order valence-corrected chi connectivity index (χ0v) is 22.2. The summed E-state index contributed by atoms with van der Waals surface area (Å²) in [6.45, 7) is 0. The van der Waals surface area contributed by atoms with E-state index in [1.54, 1.807) is 36.4 Å². The van der Waals surface area contributed by atoms with Crippen LogP contribution >= 0.6 is 15.9 Å². The van der Waals surface area contributed by atoms with Gasteiger partial charge in [-0.1, -0.05) is 72.8 Å². The van der Waals surface area contributed by atoms with E-state index >= 15 is 0 Å². The molecule has 6 nitrogen and oxygen atoms in total. The van der Waals surface area contributed by atoms with Gasteiger partial charge in [-0.3, -0.25) is 4.79 Å². The average Bonchev–Trinajstić information content (AvgIpc) is 3.72. The summed E-state index contributed by atoms with van der Waals surface area (Å²) in [5, 5.41) is 4.19. The standard InChI is InChI=1S/C31H25BrN2O4/c1-37-28-18-21(16-17-27(28)38-30(36)24-14-8-9-15-26(24)32)20-33-34-29(35)25-19-31(25,22-10-4-2-5-11-22)23-12-6-3-7-13-23/h2-18,20,25H,19H2,1H3,(H,34,35)/b33-20-/t25-/m1/s1. The fourth-order valence-corrected chi connectivity index (χ4v) is 5.18. The van der Waals surface area contributed by atoms with Gasteiger partial charge in [-0.05, 0) is 69.4 Å². The largest absolute Gasteiger partial charge is 0.493 e. The van der Waals surface area contributed by atoms with Crippen molar-refractivity contribution in [3.8, 4) is 11.5 Å². The Hall–Kier alpha value is -4.23. The third-order valence-electron chi connectivity index (χ3n) is 6.73. The second-order valence-corrected chi connectivity index (χ2v) is 9.83. The van der Waals surface area contributed by atoms with Crippen LogP contribution < -0.4 is 14.9 Å². The van der Waals surface area contributed by atoms with E-state index in [1.807, 2.05) is 42.5 Å². The topological polar surface area (TPSA) is 77.0 Å². The summed E-state index contributed by atoms with van der Waals surface area (Å²) in [6, 6.07) is 32.3. The first kappa shape index (κ1) is 25.4. The molecule has 4 aromatic carbocycles. The Bertz CT molecular complexity index is 1450. The smallest absolute Gasteiger partial charge is 0.344 e. The van der Waals surface area contributed by atoms with Crippen molar-refractivity contribution >= 4 is 34.0 Å². The number of carbonyl (C=O) groups excluding carboxylic acids is 2. The Morgan fingerprint density at radius 1 is 0.895 bits per heavy atom. The molecule has 0 bridgehead atoms. The van der Waals surface area contributed by atoms with Crippen LogP contribution in [0, 0.1) is 5.92 Å². The molecule has 1 aliphatic carbocycles. The SMILES string of the molecule is COc1cc(/C=N\NC(=O)[C@H]2CC2(c2ccccc2)c2ccccc2)ccc1OC(=O)c1ccccc1Br. The Morgan fingerprint density at radius 2 is 1.53 bits per heavy atom. The molecule has 0 heterocycles. The number of halogens is 1. The zero-order valence-electron chi connectivity index (χ0n) is 20.6. The lowest BCUT2D eigenvalue weighted by atomic mass is 9.85. The van der Waals surface area contributed by atoms with Crippen LogP contribution in [-0.4, -0.2) is 25.2 Å². The first-order valence-electron chi connectivity index (χ1n) is 12.1. The van der Waals surface area contributed by atoms with Crippen molar-refractivity contribution in [1.82, 2.24) is 5.43 Å². The molecule has 190 valence electrons. The molecular formula is C31H25BrN2O4. The molecule has 0 aliphatic heterocycles. The average molecular weight is 569 g/mol. The predicted octanol–water partition coefficient (Wildman–Crippen LogP) is 6.13. The molecule has 0 aromatic heterocycles. The normalized spacial score (nSPS) is 15.6. The molecule has 0 spiro atoms. The minimum atomic E-state index is -0.505. The van der Waals surface area contributed by atoms with Crippen LogP contribution in [0.3, 0.4) is 0 Å². The monoisotopic (exact) mass is 568 g/mol. The highest BCUT2D eigenvalue weighted by Crippen LogP contribution is 2.58. The first-order chi connectivity index (χ1) is 18.5. The number of nitrogens with one attached hydrogen (secondary N) is 1. The van der Waals surface area contributed by atoms with Gasteiger partial charge in [0.2, 0.25) is 5.91 Å². The molecule has 0 unspecified atom stereocenters. The number of carbonyl (C=O) groups is 2. The Kier molecular flexibility index (Phi) is 7.38. The van der Waals surface area contributed by atoms with Crippen LogP contribution in [0.15, 0.2) is 113 Å². The second-order valence-electron chi connectivity index (χ2n) is 8.97. The molecule has 1 N–H and O–H groups in total. The first-order valence-corrected chi connectivity index (χ1v) is 12.9. The summed E-state index contributed by atoms with van der Waals surface area (Å²) >= 11 is 3.36. The highest BCUT2D eigenvalue weighted by molar-refractivity contribution is 9.10. The van der Waals surface area contributed by atoms with Crippen LogP contribution in [0.2, 0.25) is 0 Å². The number of methoxy groups -OCH3 is 1. The second kappa shape index (κ2) is 11.0. The number of rotatable bonds is 8. The van der Waals surface area contributed by atoms with Gasteiger partial charge >= 0.3 is 5.97 Å². The van der Waals surface area contributed by atoms with Gasteiger partial charge in [-0.15, -0.1) is 0 Å². The summed E-state index contributed by atoms with van der Waals surface area (Å²) in [4.78, 5) is 25.7. The van der Waals surface area contributed by atoms with Gasteiger partial charge in [0.25, 0.3) is 0 Å². The highest BCUT2D eigenvalue weighted by Gasteiger charge is 2.60. The lowest BCUT2D eigenvalue weighted by Gasteiger charge is -2.18. The van der Waals surface area contributed by atoms with Crippen LogP contribution in [0.1, 0.15) is 33.5 Å². The number of benzene rings is 4. The van der Waals surface area contributed by atoms with Gasteiger partial charge < -0.3 is 9.47 Å². The zero-order chi connectivity index (χ0) is 26.5. The van der Waals surface area contributed by atoms with Crippen molar-refractivity contribution in [3.63, 3.8) is 0 Å². The van der Waals surface area contributed by atoms with E-state index in [1.165, 1.54) is 13.3 Å². The number of ether oxygens (including phenoxy) is 2. The van der Waals surface area contributed by atoms with Gasteiger partial charge in [0.05, 0.1) is 24.8 Å². The third kappa shape index (κ3) is 5.10. The highest BCUT2D eigenvalue weighted by atomic mass is 79.9. The minimum absolute atomic E-state index is 0.139.